The van der Waals surface area contributed by atoms with Gasteiger partial charge in [-0.05, 0) is 46.9 Å². The number of halogens is 1. The van der Waals surface area contributed by atoms with Crippen LogP contribution in [0.4, 0.5) is 0 Å². The average Bonchev–Trinajstić information content (AvgIpc) is 3.06. The summed E-state index contributed by atoms with van der Waals surface area (Å²) < 4.78 is 5.70. The maximum absolute atomic E-state index is 12.5. The lowest BCUT2D eigenvalue weighted by Crippen LogP contribution is -2.37. The summed E-state index contributed by atoms with van der Waals surface area (Å²) in [4.78, 5) is 12.5. The van der Waals surface area contributed by atoms with Crippen LogP contribution in [0.15, 0.2) is 36.4 Å². The standard InChI is InChI=1S/C19H19ClN2O2/c20-17-3-4-18-14(7-17)6-16(11-24-18)19(23)22-8-12-1-2-13-9-21-10-15(13)5-12/h1-5,7,16,21H,6,8-11H2,(H,22,23). The van der Waals surface area contributed by atoms with Crippen molar-refractivity contribution in [3.63, 3.8) is 0 Å². The Labute approximate surface area is 146 Å². The van der Waals surface area contributed by atoms with Gasteiger partial charge in [-0.3, -0.25) is 4.79 Å². The monoisotopic (exact) mass is 342 g/mol. The molecule has 1 amide bonds. The third-order valence-electron chi connectivity index (χ3n) is 4.67. The van der Waals surface area contributed by atoms with E-state index < -0.39 is 0 Å². The molecule has 4 nitrogen and oxygen atoms in total. The molecule has 1 unspecified atom stereocenters. The van der Waals surface area contributed by atoms with Gasteiger partial charge in [0.15, 0.2) is 0 Å². The van der Waals surface area contributed by atoms with Crippen LogP contribution in [0.25, 0.3) is 0 Å². The van der Waals surface area contributed by atoms with E-state index in [1.54, 1.807) is 0 Å². The highest BCUT2D eigenvalue weighted by Crippen LogP contribution is 2.29. The van der Waals surface area contributed by atoms with E-state index in [1.807, 2.05) is 18.2 Å². The second-order valence-electron chi connectivity index (χ2n) is 6.39. The predicted octanol–water partition coefficient (Wildman–Crippen LogP) is 2.81. The summed E-state index contributed by atoms with van der Waals surface area (Å²) in [5, 5.41) is 7.04. The maximum Gasteiger partial charge on any atom is 0.227 e. The zero-order chi connectivity index (χ0) is 16.5. The molecule has 0 radical (unpaired) electrons. The minimum Gasteiger partial charge on any atom is -0.492 e. The van der Waals surface area contributed by atoms with E-state index >= 15 is 0 Å². The molecule has 2 heterocycles. The van der Waals surface area contributed by atoms with Crippen molar-refractivity contribution < 1.29 is 9.53 Å². The molecule has 0 bridgehead atoms. The zero-order valence-electron chi connectivity index (χ0n) is 13.3. The smallest absolute Gasteiger partial charge is 0.227 e. The van der Waals surface area contributed by atoms with E-state index in [4.69, 9.17) is 16.3 Å². The Kier molecular flexibility index (Phi) is 4.17. The molecule has 0 aromatic heterocycles. The quantitative estimate of drug-likeness (QED) is 0.901. The normalized spacial score (nSPS) is 18.5. The van der Waals surface area contributed by atoms with Gasteiger partial charge in [0.25, 0.3) is 0 Å². The van der Waals surface area contributed by atoms with Gasteiger partial charge in [0.05, 0.1) is 5.92 Å². The molecule has 0 saturated carbocycles. The Bertz CT molecular complexity index is 791. The molecule has 0 spiro atoms. The Morgan fingerprint density at radius 1 is 1.17 bits per heavy atom. The summed E-state index contributed by atoms with van der Waals surface area (Å²) in [5.74, 6) is 0.681. The van der Waals surface area contributed by atoms with Crippen molar-refractivity contribution >= 4 is 17.5 Å². The number of carbonyl (C=O) groups excluding carboxylic acids is 1. The van der Waals surface area contributed by atoms with Crippen LogP contribution in [0.1, 0.15) is 22.3 Å². The van der Waals surface area contributed by atoms with Gasteiger partial charge in [0.2, 0.25) is 5.91 Å². The van der Waals surface area contributed by atoms with Crippen LogP contribution in [-0.2, 0) is 30.8 Å². The second-order valence-corrected chi connectivity index (χ2v) is 6.82. The third kappa shape index (κ3) is 3.12. The fourth-order valence-corrected chi connectivity index (χ4v) is 3.52. The van der Waals surface area contributed by atoms with Crippen molar-refractivity contribution in [3.8, 4) is 5.75 Å². The fourth-order valence-electron chi connectivity index (χ4n) is 3.32. The van der Waals surface area contributed by atoms with Gasteiger partial charge < -0.3 is 15.4 Å². The van der Waals surface area contributed by atoms with E-state index in [0.717, 1.165) is 30.0 Å². The number of hydrogen-bond acceptors (Lipinski definition) is 3. The highest BCUT2D eigenvalue weighted by Gasteiger charge is 2.26. The van der Waals surface area contributed by atoms with Gasteiger partial charge in [0.1, 0.15) is 12.4 Å². The van der Waals surface area contributed by atoms with E-state index in [-0.39, 0.29) is 11.8 Å². The third-order valence-corrected chi connectivity index (χ3v) is 4.90. The minimum atomic E-state index is -0.174. The van der Waals surface area contributed by atoms with Crippen molar-refractivity contribution in [2.45, 2.75) is 26.1 Å². The summed E-state index contributed by atoms with van der Waals surface area (Å²) in [6.07, 6.45) is 0.663. The summed E-state index contributed by atoms with van der Waals surface area (Å²) in [6, 6.07) is 11.9. The molecular weight excluding hydrogens is 324 g/mol. The number of hydrogen-bond donors (Lipinski definition) is 2. The van der Waals surface area contributed by atoms with Gasteiger partial charge in [-0.2, -0.15) is 0 Å². The maximum atomic E-state index is 12.5. The van der Waals surface area contributed by atoms with Crippen molar-refractivity contribution in [2.24, 2.45) is 5.92 Å². The lowest BCUT2D eigenvalue weighted by molar-refractivity contribution is -0.126. The first kappa shape index (κ1) is 15.5. The molecule has 24 heavy (non-hydrogen) atoms. The molecule has 5 heteroatoms. The van der Waals surface area contributed by atoms with Crippen LogP contribution in [0.2, 0.25) is 5.02 Å². The number of amides is 1. The molecule has 0 aliphatic carbocycles. The first-order valence-corrected chi connectivity index (χ1v) is 8.57. The molecule has 2 N–H and O–H groups in total. The first-order chi connectivity index (χ1) is 11.7. The van der Waals surface area contributed by atoms with Crippen LogP contribution in [0, 0.1) is 5.92 Å². The topological polar surface area (TPSA) is 50.4 Å². The average molecular weight is 343 g/mol. The highest BCUT2D eigenvalue weighted by molar-refractivity contribution is 6.30. The molecule has 2 aromatic rings. The molecule has 2 aliphatic heterocycles. The lowest BCUT2D eigenvalue weighted by Gasteiger charge is -2.24. The molecule has 1 atom stereocenters. The number of benzene rings is 2. The number of rotatable bonds is 3. The van der Waals surface area contributed by atoms with Crippen LogP contribution >= 0.6 is 11.6 Å². The molecule has 0 saturated heterocycles. The van der Waals surface area contributed by atoms with Crippen LogP contribution in [0.5, 0.6) is 5.75 Å². The second kappa shape index (κ2) is 6.46. The largest absolute Gasteiger partial charge is 0.492 e. The minimum absolute atomic E-state index is 0.0271. The summed E-state index contributed by atoms with van der Waals surface area (Å²) >= 11 is 6.03. The van der Waals surface area contributed by atoms with Crippen LogP contribution in [0.3, 0.4) is 0 Å². The van der Waals surface area contributed by atoms with Gasteiger partial charge in [-0.1, -0.05) is 29.8 Å². The lowest BCUT2D eigenvalue weighted by atomic mass is 9.96. The van der Waals surface area contributed by atoms with Gasteiger partial charge in [-0.15, -0.1) is 0 Å². The van der Waals surface area contributed by atoms with Gasteiger partial charge in [-0.25, -0.2) is 0 Å². The Morgan fingerprint density at radius 2 is 2.04 bits per heavy atom. The molecule has 4 rings (SSSR count). The van der Waals surface area contributed by atoms with Crippen LogP contribution < -0.4 is 15.4 Å². The Morgan fingerprint density at radius 3 is 2.96 bits per heavy atom. The van der Waals surface area contributed by atoms with Crippen LogP contribution in [-0.4, -0.2) is 12.5 Å². The van der Waals surface area contributed by atoms with Crippen molar-refractivity contribution in [3.05, 3.63) is 63.7 Å². The van der Waals surface area contributed by atoms with E-state index in [0.29, 0.717) is 24.6 Å². The number of fused-ring (bicyclic) bond motifs is 2. The van der Waals surface area contributed by atoms with E-state index in [1.165, 1.54) is 11.1 Å². The number of nitrogens with one attached hydrogen (secondary N) is 2. The van der Waals surface area contributed by atoms with Crippen molar-refractivity contribution in [1.82, 2.24) is 10.6 Å². The van der Waals surface area contributed by atoms with E-state index in [9.17, 15) is 4.79 Å². The molecule has 2 aliphatic rings. The zero-order valence-corrected chi connectivity index (χ0v) is 14.0. The molecule has 2 aromatic carbocycles. The number of ether oxygens (including phenoxy) is 1. The Balaban J connectivity index is 1.38. The molecule has 124 valence electrons. The molecular formula is C19H19ClN2O2. The fraction of sp³-hybridized carbons (Fsp3) is 0.316. The van der Waals surface area contributed by atoms with E-state index in [2.05, 4.69) is 28.8 Å². The predicted molar refractivity (Wildman–Crippen MR) is 93.0 cm³/mol. The Hall–Kier alpha value is -2.04. The summed E-state index contributed by atoms with van der Waals surface area (Å²) in [7, 11) is 0. The summed E-state index contributed by atoms with van der Waals surface area (Å²) in [6.45, 7) is 2.80. The summed E-state index contributed by atoms with van der Waals surface area (Å²) in [5.41, 5.74) is 4.80. The van der Waals surface area contributed by atoms with Gasteiger partial charge in [0, 0.05) is 24.7 Å². The van der Waals surface area contributed by atoms with Crippen molar-refractivity contribution in [1.29, 1.82) is 0 Å². The SMILES string of the molecule is O=C(NCc1ccc2c(c1)CNC2)C1COc2ccc(Cl)cc2C1. The number of carbonyl (C=O) groups is 1. The first-order valence-electron chi connectivity index (χ1n) is 8.19. The molecule has 0 fully saturated rings. The highest BCUT2D eigenvalue weighted by atomic mass is 35.5. The van der Waals surface area contributed by atoms with Crippen molar-refractivity contribution in [2.75, 3.05) is 6.61 Å². The van der Waals surface area contributed by atoms with Gasteiger partial charge >= 0.3 is 0 Å².